The molecule has 3 aliphatic rings. The first kappa shape index (κ1) is 23.6. The fraction of sp³-hybridized carbons (Fsp3) is 0.920. The van der Waals surface area contributed by atoms with E-state index in [0.29, 0.717) is 19.0 Å². The summed E-state index contributed by atoms with van der Waals surface area (Å²) in [6, 6.07) is 0.361. The molecule has 0 aromatic rings. The summed E-state index contributed by atoms with van der Waals surface area (Å²) in [7, 11) is 0. The van der Waals surface area contributed by atoms with Gasteiger partial charge in [-0.05, 0) is 37.5 Å². The lowest BCUT2D eigenvalue weighted by Crippen LogP contribution is -2.48. The molecule has 0 aromatic carbocycles. The predicted molar refractivity (Wildman–Crippen MR) is 126 cm³/mol. The van der Waals surface area contributed by atoms with E-state index in [1.165, 1.54) is 96.3 Å². The molecule has 0 aromatic heterocycles. The third kappa shape index (κ3) is 7.25. The smallest absolute Gasteiger partial charge is 0.329 e. The molecule has 1 atom stereocenters. The summed E-state index contributed by atoms with van der Waals surface area (Å²) in [6.07, 6.45) is 24.2. The SMILES string of the molecule is NCCN(CCCC1CCCCCCC1)C(=O)N1N=CCC1C1CCCCCCC1. The Morgan fingerprint density at radius 1 is 0.900 bits per heavy atom. The van der Waals surface area contributed by atoms with Crippen LogP contribution in [0.25, 0.3) is 0 Å². The summed E-state index contributed by atoms with van der Waals surface area (Å²) in [5.41, 5.74) is 5.88. The molecule has 1 aliphatic heterocycles. The Balaban J connectivity index is 1.51. The van der Waals surface area contributed by atoms with Gasteiger partial charge in [-0.2, -0.15) is 5.10 Å². The molecule has 5 nitrogen and oxygen atoms in total. The average molecular weight is 419 g/mol. The number of nitrogens with two attached hydrogens (primary N) is 1. The van der Waals surface area contributed by atoms with Gasteiger partial charge in [0.2, 0.25) is 0 Å². The average Bonchev–Trinajstić information content (AvgIpc) is 3.17. The highest BCUT2D eigenvalue weighted by atomic mass is 16.2. The van der Waals surface area contributed by atoms with E-state index in [-0.39, 0.29) is 12.1 Å². The van der Waals surface area contributed by atoms with Crippen LogP contribution in [0.2, 0.25) is 0 Å². The highest BCUT2D eigenvalue weighted by Gasteiger charge is 2.35. The molecule has 172 valence electrons. The minimum Gasteiger partial charge on any atom is -0.329 e. The highest BCUT2D eigenvalue weighted by molar-refractivity contribution is 5.78. The van der Waals surface area contributed by atoms with Crippen LogP contribution in [-0.2, 0) is 0 Å². The molecule has 2 saturated carbocycles. The molecule has 2 fully saturated rings. The molecule has 1 heterocycles. The molecule has 0 radical (unpaired) electrons. The maximum atomic E-state index is 13.4. The zero-order valence-corrected chi connectivity index (χ0v) is 19.3. The van der Waals surface area contributed by atoms with Crippen molar-refractivity contribution in [1.29, 1.82) is 0 Å². The third-order valence-corrected chi connectivity index (χ3v) is 7.69. The number of urea groups is 1. The Hall–Kier alpha value is -1.10. The normalized spacial score (nSPS) is 24.8. The lowest BCUT2D eigenvalue weighted by Gasteiger charge is -2.34. The monoisotopic (exact) mass is 418 g/mol. The number of hydrogen-bond acceptors (Lipinski definition) is 3. The van der Waals surface area contributed by atoms with Crippen molar-refractivity contribution < 1.29 is 4.79 Å². The van der Waals surface area contributed by atoms with Crippen LogP contribution in [0.3, 0.4) is 0 Å². The maximum absolute atomic E-state index is 13.4. The van der Waals surface area contributed by atoms with Gasteiger partial charge in [0, 0.05) is 32.3 Å². The molecule has 0 bridgehead atoms. The van der Waals surface area contributed by atoms with E-state index >= 15 is 0 Å². The van der Waals surface area contributed by atoms with Gasteiger partial charge in [0.05, 0.1) is 6.04 Å². The van der Waals surface area contributed by atoms with Crippen molar-refractivity contribution >= 4 is 12.2 Å². The molecule has 2 N–H and O–H groups in total. The Kier molecular flexibility index (Phi) is 10.5. The van der Waals surface area contributed by atoms with Crippen LogP contribution < -0.4 is 5.73 Å². The van der Waals surface area contributed by atoms with Crippen molar-refractivity contribution in [2.75, 3.05) is 19.6 Å². The molecular formula is C25H46N4O. The zero-order valence-electron chi connectivity index (χ0n) is 19.3. The van der Waals surface area contributed by atoms with Crippen LogP contribution in [0, 0.1) is 11.8 Å². The van der Waals surface area contributed by atoms with Gasteiger partial charge in [-0.1, -0.05) is 77.0 Å². The number of carbonyl (C=O) groups is 1. The van der Waals surface area contributed by atoms with Crippen LogP contribution in [-0.4, -0.2) is 47.8 Å². The second-order valence-electron chi connectivity index (χ2n) is 9.96. The Bertz CT molecular complexity index is 507. The summed E-state index contributed by atoms with van der Waals surface area (Å²) in [6.45, 7) is 2.00. The topological polar surface area (TPSA) is 61.9 Å². The van der Waals surface area contributed by atoms with E-state index < -0.39 is 0 Å². The Morgan fingerprint density at radius 2 is 1.50 bits per heavy atom. The molecule has 0 spiro atoms. The summed E-state index contributed by atoms with van der Waals surface area (Å²) in [5.74, 6) is 1.46. The van der Waals surface area contributed by atoms with E-state index in [0.717, 1.165) is 25.3 Å². The van der Waals surface area contributed by atoms with Crippen molar-refractivity contribution in [3.8, 4) is 0 Å². The minimum atomic E-state index is 0.0962. The van der Waals surface area contributed by atoms with Crippen molar-refractivity contribution in [1.82, 2.24) is 9.91 Å². The van der Waals surface area contributed by atoms with Gasteiger partial charge in [0.25, 0.3) is 0 Å². The van der Waals surface area contributed by atoms with Crippen LogP contribution in [0.4, 0.5) is 4.79 Å². The molecule has 3 rings (SSSR count). The highest BCUT2D eigenvalue weighted by Crippen LogP contribution is 2.32. The summed E-state index contributed by atoms with van der Waals surface area (Å²) in [4.78, 5) is 15.4. The van der Waals surface area contributed by atoms with Crippen LogP contribution in [0.5, 0.6) is 0 Å². The van der Waals surface area contributed by atoms with Crippen LogP contribution in [0.15, 0.2) is 5.10 Å². The first-order chi connectivity index (χ1) is 14.8. The van der Waals surface area contributed by atoms with Crippen molar-refractivity contribution in [2.45, 2.75) is 115 Å². The summed E-state index contributed by atoms with van der Waals surface area (Å²) < 4.78 is 0. The van der Waals surface area contributed by atoms with Crippen LogP contribution >= 0.6 is 0 Å². The van der Waals surface area contributed by atoms with E-state index in [9.17, 15) is 4.79 Å². The molecule has 30 heavy (non-hydrogen) atoms. The number of hydrazone groups is 1. The molecule has 2 amide bonds. The second kappa shape index (κ2) is 13.3. The fourth-order valence-corrected chi connectivity index (χ4v) is 5.89. The first-order valence-corrected chi connectivity index (χ1v) is 13.1. The number of amides is 2. The quantitative estimate of drug-likeness (QED) is 0.557. The number of rotatable bonds is 7. The van der Waals surface area contributed by atoms with Gasteiger partial charge in [0.1, 0.15) is 0 Å². The maximum Gasteiger partial charge on any atom is 0.340 e. The lowest BCUT2D eigenvalue weighted by molar-refractivity contribution is 0.117. The van der Waals surface area contributed by atoms with Gasteiger partial charge in [-0.3, -0.25) is 0 Å². The fourth-order valence-electron chi connectivity index (χ4n) is 5.89. The largest absolute Gasteiger partial charge is 0.340 e. The third-order valence-electron chi connectivity index (χ3n) is 7.69. The summed E-state index contributed by atoms with van der Waals surface area (Å²) in [5, 5.41) is 6.38. The van der Waals surface area contributed by atoms with E-state index in [2.05, 4.69) is 5.10 Å². The van der Waals surface area contributed by atoms with Gasteiger partial charge < -0.3 is 10.6 Å². The van der Waals surface area contributed by atoms with E-state index in [1.54, 1.807) is 0 Å². The van der Waals surface area contributed by atoms with Gasteiger partial charge in [0.15, 0.2) is 0 Å². The molecule has 1 unspecified atom stereocenters. The molecule has 5 heteroatoms. The van der Waals surface area contributed by atoms with Crippen molar-refractivity contribution in [3.63, 3.8) is 0 Å². The molecular weight excluding hydrogens is 372 g/mol. The lowest BCUT2D eigenvalue weighted by atomic mass is 9.85. The van der Waals surface area contributed by atoms with Gasteiger partial charge in [-0.25, -0.2) is 9.80 Å². The van der Waals surface area contributed by atoms with Crippen molar-refractivity contribution in [3.05, 3.63) is 0 Å². The predicted octanol–water partition coefficient (Wildman–Crippen LogP) is 5.93. The number of carbonyl (C=O) groups excluding carboxylic acids is 1. The Labute approximate surface area is 184 Å². The summed E-state index contributed by atoms with van der Waals surface area (Å²) >= 11 is 0. The van der Waals surface area contributed by atoms with E-state index in [1.807, 2.05) is 16.1 Å². The van der Waals surface area contributed by atoms with Crippen molar-refractivity contribution in [2.24, 2.45) is 22.7 Å². The van der Waals surface area contributed by atoms with Gasteiger partial charge in [-0.15, -0.1) is 0 Å². The van der Waals surface area contributed by atoms with Gasteiger partial charge >= 0.3 is 6.03 Å². The zero-order chi connectivity index (χ0) is 21.0. The minimum absolute atomic E-state index is 0.0962. The molecule has 2 aliphatic carbocycles. The number of nitrogens with zero attached hydrogens (tertiary/aromatic N) is 3. The van der Waals surface area contributed by atoms with Crippen LogP contribution in [0.1, 0.15) is 109 Å². The number of hydrogen-bond donors (Lipinski definition) is 1. The van der Waals surface area contributed by atoms with E-state index in [4.69, 9.17) is 5.73 Å². The molecule has 0 saturated heterocycles. The standard InChI is InChI=1S/C25H46N4O/c26-18-21-28(20-11-14-22-12-7-3-1-4-8-13-22)25(30)29-24(17-19-27-29)23-15-9-5-2-6-10-16-23/h19,22-24H,1-18,20-21,26H2. The second-order valence-corrected chi connectivity index (χ2v) is 9.96. The Morgan fingerprint density at radius 3 is 2.13 bits per heavy atom. The first-order valence-electron chi connectivity index (χ1n) is 13.1.